The molecule has 0 saturated heterocycles. The van der Waals surface area contributed by atoms with E-state index >= 15 is 0 Å². The lowest BCUT2D eigenvalue weighted by atomic mass is 9.95. The molecule has 0 bridgehead atoms. The third kappa shape index (κ3) is 5.71. The molecule has 1 aliphatic heterocycles. The summed E-state index contributed by atoms with van der Waals surface area (Å²) in [5, 5.41) is 0.360. The minimum atomic E-state index is -0.660. The van der Waals surface area contributed by atoms with E-state index in [1.54, 1.807) is 29.9 Å². The van der Waals surface area contributed by atoms with Gasteiger partial charge in [0, 0.05) is 0 Å². The summed E-state index contributed by atoms with van der Waals surface area (Å²) in [5.41, 5.74) is 4.32. The van der Waals surface area contributed by atoms with Crippen molar-refractivity contribution in [1.82, 2.24) is 4.57 Å². The number of aryl methyl sites for hydroxylation is 1. The van der Waals surface area contributed by atoms with E-state index in [1.165, 1.54) is 24.0 Å². The van der Waals surface area contributed by atoms with Crippen LogP contribution in [0.5, 0.6) is 11.5 Å². The molecule has 1 atom stereocenters. The molecular formula is C32H29ClN2O5S. The normalized spacial score (nSPS) is 14.9. The summed E-state index contributed by atoms with van der Waals surface area (Å²) in [6, 6.07) is 20.3. The average molecular weight is 589 g/mol. The fraction of sp³-hybridized carbons (Fsp3) is 0.219. The van der Waals surface area contributed by atoms with Gasteiger partial charge in [0.1, 0.15) is 6.61 Å². The highest BCUT2D eigenvalue weighted by Crippen LogP contribution is 2.37. The van der Waals surface area contributed by atoms with Crippen LogP contribution in [-0.4, -0.2) is 24.8 Å². The zero-order valence-electron chi connectivity index (χ0n) is 23.1. The third-order valence-corrected chi connectivity index (χ3v) is 8.08. The number of hydrogen-bond donors (Lipinski definition) is 0. The zero-order valence-corrected chi connectivity index (χ0v) is 24.7. The molecule has 1 aliphatic rings. The highest BCUT2D eigenvalue weighted by molar-refractivity contribution is 7.07. The van der Waals surface area contributed by atoms with Gasteiger partial charge >= 0.3 is 5.97 Å². The van der Waals surface area contributed by atoms with Gasteiger partial charge in [-0.05, 0) is 48.2 Å². The number of ether oxygens (including phenoxy) is 3. The van der Waals surface area contributed by atoms with Crippen molar-refractivity contribution in [1.29, 1.82) is 0 Å². The number of fused-ring (bicyclic) bond motifs is 1. The van der Waals surface area contributed by atoms with Crippen LogP contribution >= 0.6 is 22.9 Å². The molecule has 9 heteroatoms. The van der Waals surface area contributed by atoms with Gasteiger partial charge in [-0.1, -0.05) is 90.0 Å². The molecule has 41 heavy (non-hydrogen) atoms. The molecule has 0 aliphatic carbocycles. The molecule has 0 N–H and O–H groups in total. The van der Waals surface area contributed by atoms with Gasteiger partial charge in [0.25, 0.3) is 5.56 Å². The first-order valence-electron chi connectivity index (χ1n) is 13.1. The first-order chi connectivity index (χ1) is 19.8. The second-order valence-corrected chi connectivity index (χ2v) is 10.9. The molecule has 2 heterocycles. The van der Waals surface area contributed by atoms with Crippen LogP contribution in [0.1, 0.15) is 41.6 Å². The van der Waals surface area contributed by atoms with E-state index in [4.69, 9.17) is 30.8 Å². The SMILES string of the molecule is CCC1=C(C(=O)OC)[C@H](c2ccccc2)n2c(s/c(=C\c3cc(Cl)c(OCc4ccc(C)cc4)c(OC)c3)c2=O)=N1. The van der Waals surface area contributed by atoms with Crippen LogP contribution in [0.25, 0.3) is 6.08 Å². The highest BCUT2D eigenvalue weighted by Gasteiger charge is 2.33. The van der Waals surface area contributed by atoms with Gasteiger partial charge in [-0.2, -0.15) is 0 Å². The number of carbonyl (C=O) groups excluding carboxylic acids is 1. The largest absolute Gasteiger partial charge is 0.493 e. The van der Waals surface area contributed by atoms with Crippen molar-refractivity contribution in [2.75, 3.05) is 14.2 Å². The number of benzene rings is 3. The molecule has 1 aromatic heterocycles. The van der Waals surface area contributed by atoms with E-state index in [-0.39, 0.29) is 5.56 Å². The molecule has 210 valence electrons. The second-order valence-electron chi connectivity index (χ2n) is 9.51. The minimum Gasteiger partial charge on any atom is -0.493 e. The van der Waals surface area contributed by atoms with Crippen LogP contribution < -0.4 is 24.4 Å². The van der Waals surface area contributed by atoms with E-state index in [9.17, 15) is 9.59 Å². The number of hydrogen-bond acceptors (Lipinski definition) is 7. The monoisotopic (exact) mass is 588 g/mol. The van der Waals surface area contributed by atoms with Crippen LogP contribution in [0.4, 0.5) is 0 Å². The van der Waals surface area contributed by atoms with Crippen molar-refractivity contribution in [2.45, 2.75) is 32.9 Å². The van der Waals surface area contributed by atoms with Gasteiger partial charge in [0.15, 0.2) is 16.3 Å². The number of aromatic nitrogens is 1. The molecule has 3 aromatic carbocycles. The number of methoxy groups -OCH3 is 2. The van der Waals surface area contributed by atoms with Gasteiger partial charge in [-0.15, -0.1) is 0 Å². The molecular weight excluding hydrogens is 560 g/mol. The first-order valence-corrected chi connectivity index (χ1v) is 14.3. The maximum Gasteiger partial charge on any atom is 0.338 e. The highest BCUT2D eigenvalue weighted by atomic mass is 35.5. The Morgan fingerprint density at radius 3 is 2.49 bits per heavy atom. The van der Waals surface area contributed by atoms with Crippen LogP contribution in [0, 0.1) is 6.92 Å². The number of thiazole rings is 1. The average Bonchev–Trinajstić information content (AvgIpc) is 3.30. The van der Waals surface area contributed by atoms with Gasteiger partial charge in [-0.3, -0.25) is 9.36 Å². The van der Waals surface area contributed by atoms with Crippen molar-refractivity contribution in [3.8, 4) is 11.5 Å². The maximum atomic E-state index is 13.9. The molecule has 4 aromatic rings. The van der Waals surface area contributed by atoms with E-state index < -0.39 is 12.0 Å². The molecule has 7 nitrogen and oxygen atoms in total. The van der Waals surface area contributed by atoms with Crippen LogP contribution in [0.15, 0.2) is 87.8 Å². The Hall–Kier alpha value is -4.14. The second kappa shape index (κ2) is 12.2. The Morgan fingerprint density at radius 1 is 1.10 bits per heavy atom. The summed E-state index contributed by atoms with van der Waals surface area (Å²) in [6.07, 6.45) is 2.26. The Morgan fingerprint density at radius 2 is 1.83 bits per heavy atom. The lowest BCUT2D eigenvalue weighted by Crippen LogP contribution is -2.40. The van der Waals surface area contributed by atoms with E-state index in [1.807, 2.05) is 68.4 Å². The first kappa shape index (κ1) is 28.4. The standard InChI is InChI=1S/C32H29ClN2O5S/c1-5-24-27(31(37)39-4)28(22-9-7-6-8-10-22)35-30(36)26(41-32(35)34-24)17-21-15-23(33)29(25(16-21)38-3)40-18-20-13-11-19(2)12-14-20/h6-17,28H,5,18H2,1-4H3/b26-17-/t28-/m0/s1. The zero-order chi connectivity index (χ0) is 29.1. The summed E-state index contributed by atoms with van der Waals surface area (Å²) >= 11 is 7.90. The van der Waals surface area contributed by atoms with Crippen LogP contribution in [-0.2, 0) is 16.1 Å². The van der Waals surface area contributed by atoms with Gasteiger partial charge < -0.3 is 14.2 Å². The quantitative estimate of drug-likeness (QED) is 0.259. The summed E-state index contributed by atoms with van der Waals surface area (Å²) in [4.78, 5) is 32.0. The number of allylic oxidation sites excluding steroid dienone is 1. The van der Waals surface area contributed by atoms with Crippen LogP contribution in [0.2, 0.25) is 5.02 Å². The summed E-state index contributed by atoms with van der Waals surface area (Å²) in [7, 11) is 2.88. The predicted molar refractivity (Wildman–Crippen MR) is 160 cm³/mol. The van der Waals surface area contributed by atoms with Crippen molar-refractivity contribution in [3.05, 3.63) is 125 Å². The van der Waals surface area contributed by atoms with Crippen LogP contribution in [0.3, 0.4) is 0 Å². The van der Waals surface area contributed by atoms with Gasteiger partial charge in [0.2, 0.25) is 0 Å². The topological polar surface area (TPSA) is 79.1 Å². The summed E-state index contributed by atoms with van der Waals surface area (Å²) < 4.78 is 18.7. The number of carbonyl (C=O) groups is 1. The number of esters is 1. The Bertz CT molecular complexity index is 1810. The molecule has 0 saturated carbocycles. The summed E-state index contributed by atoms with van der Waals surface area (Å²) in [5.74, 6) is 0.367. The fourth-order valence-electron chi connectivity index (χ4n) is 4.77. The number of nitrogens with zero attached hydrogens (tertiary/aromatic N) is 2. The Kier molecular flexibility index (Phi) is 8.42. The molecule has 0 unspecified atom stereocenters. The Balaban J connectivity index is 1.58. The maximum absolute atomic E-state index is 13.9. The minimum absolute atomic E-state index is 0.269. The summed E-state index contributed by atoms with van der Waals surface area (Å²) in [6.45, 7) is 4.29. The van der Waals surface area contributed by atoms with E-state index in [0.29, 0.717) is 55.7 Å². The lowest BCUT2D eigenvalue weighted by Gasteiger charge is -2.25. The number of rotatable bonds is 8. The molecule has 5 rings (SSSR count). The van der Waals surface area contributed by atoms with E-state index in [2.05, 4.69) is 0 Å². The molecule has 0 spiro atoms. The Labute approximate surface area is 246 Å². The van der Waals surface area contributed by atoms with Crippen molar-refractivity contribution in [3.63, 3.8) is 0 Å². The smallest absolute Gasteiger partial charge is 0.338 e. The third-order valence-electron chi connectivity index (χ3n) is 6.82. The lowest BCUT2D eigenvalue weighted by molar-refractivity contribution is -0.136. The van der Waals surface area contributed by atoms with Crippen molar-refractivity contribution >= 4 is 35.0 Å². The molecule has 0 fully saturated rings. The number of halogens is 1. The fourth-order valence-corrected chi connectivity index (χ4v) is 6.06. The van der Waals surface area contributed by atoms with Crippen molar-refractivity contribution < 1.29 is 19.0 Å². The van der Waals surface area contributed by atoms with Gasteiger partial charge in [-0.25, -0.2) is 9.79 Å². The molecule has 0 amide bonds. The molecule has 0 radical (unpaired) electrons. The van der Waals surface area contributed by atoms with E-state index in [0.717, 1.165) is 11.1 Å². The van der Waals surface area contributed by atoms with Crippen molar-refractivity contribution in [2.24, 2.45) is 4.99 Å². The van der Waals surface area contributed by atoms with Gasteiger partial charge in [0.05, 0.1) is 41.1 Å². The predicted octanol–water partition coefficient (Wildman–Crippen LogP) is 5.35.